The van der Waals surface area contributed by atoms with Gasteiger partial charge >= 0.3 is 0 Å². The number of aliphatic imine (C=N–C) groups is 1. The van der Waals surface area contributed by atoms with Crippen molar-refractivity contribution in [3.63, 3.8) is 0 Å². The molecule has 1 N–H and O–H groups in total. The first kappa shape index (κ1) is 21.7. The third-order valence-electron chi connectivity index (χ3n) is 4.69. The van der Waals surface area contributed by atoms with Crippen molar-refractivity contribution in [1.82, 2.24) is 4.90 Å². The number of thioether (sulfide) groups is 1. The van der Waals surface area contributed by atoms with Crippen LogP contribution >= 0.6 is 47.4 Å². The molecule has 1 saturated heterocycles. The zero-order valence-electron chi connectivity index (χ0n) is 14.7. The highest BCUT2D eigenvalue weighted by atomic mass is 35.5. The van der Waals surface area contributed by atoms with E-state index in [-0.39, 0.29) is 24.4 Å². The molecule has 26 heavy (non-hydrogen) atoms. The summed E-state index contributed by atoms with van der Waals surface area (Å²) in [4.78, 5) is 19.4. The molecule has 1 aliphatic carbocycles. The number of rotatable bonds is 4. The Bertz CT molecular complexity index is 645. The van der Waals surface area contributed by atoms with E-state index >= 15 is 0 Å². The first-order valence-corrected chi connectivity index (χ1v) is 10.4. The van der Waals surface area contributed by atoms with Crippen molar-refractivity contribution in [2.24, 2.45) is 4.99 Å². The molecule has 1 aromatic carbocycles. The van der Waals surface area contributed by atoms with Crippen molar-refractivity contribution in [2.45, 2.75) is 50.6 Å². The first-order valence-electron chi connectivity index (χ1n) is 8.70. The van der Waals surface area contributed by atoms with Gasteiger partial charge in [0.25, 0.3) is 0 Å². The van der Waals surface area contributed by atoms with Crippen molar-refractivity contribution >= 4 is 64.1 Å². The van der Waals surface area contributed by atoms with Crippen LogP contribution < -0.4 is 5.32 Å². The van der Waals surface area contributed by atoms with E-state index < -0.39 is 0 Å². The zero-order valence-corrected chi connectivity index (χ0v) is 17.9. The van der Waals surface area contributed by atoms with E-state index in [9.17, 15) is 4.79 Å². The summed E-state index contributed by atoms with van der Waals surface area (Å²) < 4.78 is 0. The third kappa shape index (κ3) is 5.95. The molecule has 1 unspecified atom stereocenters. The summed E-state index contributed by atoms with van der Waals surface area (Å²) in [5.74, 6) is 0.862. The Morgan fingerprint density at radius 3 is 2.54 bits per heavy atom. The smallest absolute Gasteiger partial charge is 0.226 e. The number of benzene rings is 1. The van der Waals surface area contributed by atoms with Crippen molar-refractivity contribution in [2.75, 3.05) is 18.1 Å². The molecule has 0 spiro atoms. The Labute approximate surface area is 175 Å². The molecule has 1 aliphatic heterocycles. The fraction of sp³-hybridized carbons (Fsp3) is 0.556. The maximum atomic E-state index is 12.4. The number of carbonyl (C=O) groups is 1. The van der Waals surface area contributed by atoms with Crippen LogP contribution in [-0.4, -0.2) is 40.9 Å². The van der Waals surface area contributed by atoms with Crippen molar-refractivity contribution in [3.05, 3.63) is 28.2 Å². The van der Waals surface area contributed by atoms with Gasteiger partial charge in [-0.25, -0.2) is 0 Å². The predicted molar refractivity (Wildman–Crippen MR) is 115 cm³/mol. The molecule has 1 amide bonds. The van der Waals surface area contributed by atoms with E-state index in [1.165, 1.54) is 32.1 Å². The van der Waals surface area contributed by atoms with E-state index in [0.717, 1.165) is 10.9 Å². The SMILES string of the molecule is CN1/C(=N/C2CCCCC2)SCC1CC(=O)Nc1cc(Cl)cc(Cl)c1.Cl. The van der Waals surface area contributed by atoms with Gasteiger partial charge < -0.3 is 10.2 Å². The number of hydrogen-bond donors (Lipinski definition) is 1. The molecule has 2 aliphatic rings. The Kier molecular flexibility index (Phi) is 8.40. The third-order valence-corrected chi connectivity index (χ3v) is 6.33. The molecule has 0 radical (unpaired) electrons. The summed E-state index contributed by atoms with van der Waals surface area (Å²) in [7, 11) is 2.04. The molecule has 3 rings (SSSR count). The first-order chi connectivity index (χ1) is 12.0. The van der Waals surface area contributed by atoms with Gasteiger partial charge in [-0.1, -0.05) is 54.2 Å². The van der Waals surface area contributed by atoms with E-state index in [1.54, 1.807) is 30.0 Å². The second kappa shape index (κ2) is 10.1. The Morgan fingerprint density at radius 2 is 1.88 bits per heavy atom. The fourth-order valence-corrected chi connectivity index (χ4v) is 5.07. The summed E-state index contributed by atoms with van der Waals surface area (Å²) in [5.41, 5.74) is 0.631. The second-order valence-electron chi connectivity index (χ2n) is 6.69. The maximum Gasteiger partial charge on any atom is 0.226 e. The number of nitrogens with one attached hydrogen (secondary N) is 1. The quantitative estimate of drug-likeness (QED) is 0.679. The minimum absolute atomic E-state index is 0. The lowest BCUT2D eigenvalue weighted by atomic mass is 9.96. The Balaban J connectivity index is 0.00000243. The minimum atomic E-state index is -0.0327. The van der Waals surface area contributed by atoms with Gasteiger partial charge in [0.05, 0.1) is 6.04 Å². The number of hydrogen-bond acceptors (Lipinski definition) is 3. The van der Waals surface area contributed by atoms with Crippen LogP contribution in [0.3, 0.4) is 0 Å². The van der Waals surface area contributed by atoms with Crippen LogP contribution in [0, 0.1) is 0 Å². The van der Waals surface area contributed by atoms with E-state index in [4.69, 9.17) is 28.2 Å². The van der Waals surface area contributed by atoms with Crippen LogP contribution in [0.4, 0.5) is 5.69 Å². The number of anilines is 1. The van der Waals surface area contributed by atoms with E-state index in [2.05, 4.69) is 10.2 Å². The van der Waals surface area contributed by atoms with Gasteiger partial charge in [0, 0.05) is 41.0 Å². The molecule has 2 fully saturated rings. The van der Waals surface area contributed by atoms with Crippen LogP contribution in [-0.2, 0) is 4.79 Å². The van der Waals surface area contributed by atoms with Gasteiger partial charge in [-0.2, -0.15) is 0 Å². The highest BCUT2D eigenvalue weighted by Gasteiger charge is 2.29. The number of halogens is 3. The molecule has 1 atom stereocenters. The molecule has 8 heteroatoms. The van der Waals surface area contributed by atoms with Crippen molar-refractivity contribution in [3.8, 4) is 0 Å². The van der Waals surface area contributed by atoms with Gasteiger partial charge in [-0.3, -0.25) is 9.79 Å². The average molecular weight is 437 g/mol. The summed E-state index contributed by atoms with van der Waals surface area (Å²) in [5, 5.41) is 4.99. The zero-order chi connectivity index (χ0) is 17.8. The molecule has 1 aromatic rings. The molecule has 0 bridgehead atoms. The molecule has 4 nitrogen and oxygen atoms in total. The molecular weight excluding hydrogens is 413 g/mol. The number of amides is 1. The maximum absolute atomic E-state index is 12.4. The number of nitrogens with zero attached hydrogens (tertiary/aromatic N) is 2. The van der Waals surface area contributed by atoms with Gasteiger partial charge in [0.15, 0.2) is 5.17 Å². The van der Waals surface area contributed by atoms with Crippen LogP contribution in [0.5, 0.6) is 0 Å². The fourth-order valence-electron chi connectivity index (χ4n) is 3.28. The molecule has 0 aromatic heterocycles. The largest absolute Gasteiger partial charge is 0.350 e. The Morgan fingerprint density at radius 1 is 1.23 bits per heavy atom. The lowest BCUT2D eigenvalue weighted by Gasteiger charge is -2.23. The summed E-state index contributed by atoms with van der Waals surface area (Å²) in [6, 6.07) is 5.68. The lowest BCUT2D eigenvalue weighted by Crippen LogP contribution is -2.34. The topological polar surface area (TPSA) is 44.7 Å². The standard InChI is InChI=1S/C18H23Cl2N3OS.ClH/c1-23-16(11-25-18(23)22-14-5-3-2-4-6-14)10-17(24)21-15-8-12(19)7-13(20)9-15;/h7-9,14,16H,2-6,10-11H2,1H3,(H,21,24);1H/b22-18-;. The monoisotopic (exact) mass is 435 g/mol. The van der Waals surface area contributed by atoms with Crippen molar-refractivity contribution < 1.29 is 4.79 Å². The van der Waals surface area contributed by atoms with Gasteiger partial charge in [-0.05, 0) is 31.0 Å². The van der Waals surface area contributed by atoms with Crippen LogP contribution in [0.2, 0.25) is 10.0 Å². The normalized spacial score (nSPS) is 22.3. The van der Waals surface area contributed by atoms with E-state index in [0.29, 0.717) is 28.2 Å². The van der Waals surface area contributed by atoms with Crippen LogP contribution in [0.1, 0.15) is 38.5 Å². The van der Waals surface area contributed by atoms with Gasteiger partial charge in [0.2, 0.25) is 5.91 Å². The molecule has 1 heterocycles. The van der Waals surface area contributed by atoms with Gasteiger partial charge in [-0.15, -0.1) is 12.4 Å². The Hall–Kier alpha value is -0.620. The summed E-state index contributed by atoms with van der Waals surface area (Å²) in [6.45, 7) is 0. The molecule has 1 saturated carbocycles. The summed E-state index contributed by atoms with van der Waals surface area (Å²) in [6.07, 6.45) is 6.71. The second-order valence-corrected chi connectivity index (χ2v) is 8.55. The highest BCUT2D eigenvalue weighted by molar-refractivity contribution is 8.14. The van der Waals surface area contributed by atoms with Crippen LogP contribution in [0.25, 0.3) is 0 Å². The number of carbonyl (C=O) groups excluding carboxylic acids is 1. The van der Waals surface area contributed by atoms with Crippen molar-refractivity contribution in [1.29, 1.82) is 0 Å². The minimum Gasteiger partial charge on any atom is -0.350 e. The summed E-state index contributed by atoms with van der Waals surface area (Å²) >= 11 is 13.7. The highest BCUT2D eigenvalue weighted by Crippen LogP contribution is 2.29. The lowest BCUT2D eigenvalue weighted by molar-refractivity contribution is -0.116. The molecule has 144 valence electrons. The van der Waals surface area contributed by atoms with E-state index in [1.807, 2.05) is 7.05 Å². The van der Waals surface area contributed by atoms with Gasteiger partial charge in [0.1, 0.15) is 0 Å². The van der Waals surface area contributed by atoms with Crippen LogP contribution in [0.15, 0.2) is 23.2 Å². The predicted octanol–water partition coefficient (Wildman–Crippen LogP) is 5.48. The molecular formula is C18H24Cl3N3OS. The average Bonchev–Trinajstić information content (AvgIpc) is 2.88. The number of amidine groups is 1.